The molecule has 6 nitrogen and oxygen atoms in total. The van der Waals surface area contributed by atoms with E-state index in [1.807, 2.05) is 53.2 Å². The zero-order valence-corrected chi connectivity index (χ0v) is 17.4. The van der Waals surface area contributed by atoms with E-state index in [0.29, 0.717) is 23.1 Å². The molecule has 2 heterocycles. The van der Waals surface area contributed by atoms with Crippen LogP contribution in [0.3, 0.4) is 0 Å². The average molecular weight is 421 g/mol. The number of carbonyl (C=O) groups excluding carboxylic acids is 1. The van der Waals surface area contributed by atoms with Gasteiger partial charge in [-0.2, -0.15) is 0 Å². The Balaban J connectivity index is 1.61. The Morgan fingerprint density at radius 3 is 2.73 bits per heavy atom. The molecule has 7 heteroatoms. The maximum absolute atomic E-state index is 12.8. The number of hydrogen-bond donors (Lipinski definition) is 1. The van der Waals surface area contributed by atoms with E-state index in [1.165, 1.54) is 0 Å². The van der Waals surface area contributed by atoms with Crippen molar-refractivity contribution in [2.45, 2.75) is 26.0 Å². The monoisotopic (exact) mass is 420 g/mol. The van der Waals surface area contributed by atoms with E-state index in [2.05, 4.69) is 15.4 Å². The number of pyridine rings is 1. The SMILES string of the molecule is CC(C)(Oc1nn(Cc2cccc(Cl)c2)c2ccccc12)C(=O)Nc1cccnc1. The van der Waals surface area contributed by atoms with Crippen LogP contribution in [0.25, 0.3) is 10.9 Å². The van der Waals surface area contributed by atoms with Crippen LogP contribution in [0.2, 0.25) is 5.02 Å². The molecule has 0 aliphatic heterocycles. The number of benzene rings is 2. The molecule has 0 unspecified atom stereocenters. The minimum atomic E-state index is -1.14. The molecule has 0 atom stereocenters. The van der Waals surface area contributed by atoms with Gasteiger partial charge in [-0.25, -0.2) is 0 Å². The summed E-state index contributed by atoms with van der Waals surface area (Å²) in [4.78, 5) is 16.8. The summed E-state index contributed by atoms with van der Waals surface area (Å²) in [5, 5.41) is 8.99. The molecule has 0 aliphatic carbocycles. The number of hydrogen-bond acceptors (Lipinski definition) is 4. The Morgan fingerprint density at radius 1 is 1.13 bits per heavy atom. The van der Waals surface area contributed by atoms with Crippen molar-refractivity contribution in [1.82, 2.24) is 14.8 Å². The fraction of sp³-hybridized carbons (Fsp3) is 0.174. The van der Waals surface area contributed by atoms with Crippen LogP contribution in [-0.2, 0) is 11.3 Å². The van der Waals surface area contributed by atoms with Gasteiger partial charge >= 0.3 is 0 Å². The minimum Gasteiger partial charge on any atom is -0.460 e. The minimum absolute atomic E-state index is 0.288. The lowest BCUT2D eigenvalue weighted by molar-refractivity contribution is -0.128. The van der Waals surface area contributed by atoms with Gasteiger partial charge in [-0.15, -0.1) is 5.10 Å². The molecule has 4 rings (SSSR count). The molecule has 0 spiro atoms. The van der Waals surface area contributed by atoms with E-state index in [9.17, 15) is 4.79 Å². The quantitative estimate of drug-likeness (QED) is 0.480. The summed E-state index contributed by atoms with van der Waals surface area (Å²) < 4.78 is 7.95. The molecule has 0 saturated heterocycles. The van der Waals surface area contributed by atoms with Crippen molar-refractivity contribution in [3.8, 4) is 5.88 Å². The molecule has 2 aromatic heterocycles. The van der Waals surface area contributed by atoms with Crippen LogP contribution in [0.15, 0.2) is 73.1 Å². The molecule has 0 fully saturated rings. The van der Waals surface area contributed by atoms with Crippen molar-refractivity contribution in [2.75, 3.05) is 5.32 Å². The van der Waals surface area contributed by atoms with E-state index in [0.717, 1.165) is 16.5 Å². The number of anilines is 1. The van der Waals surface area contributed by atoms with Crippen LogP contribution in [0.4, 0.5) is 5.69 Å². The summed E-state index contributed by atoms with van der Waals surface area (Å²) in [5.41, 5.74) is 1.40. The van der Waals surface area contributed by atoms with Crippen molar-refractivity contribution in [2.24, 2.45) is 0 Å². The predicted molar refractivity (Wildman–Crippen MR) is 118 cm³/mol. The van der Waals surface area contributed by atoms with Crippen LogP contribution in [-0.4, -0.2) is 26.3 Å². The number of para-hydroxylation sites is 1. The van der Waals surface area contributed by atoms with E-state index in [4.69, 9.17) is 16.3 Å². The third kappa shape index (κ3) is 4.28. The molecule has 30 heavy (non-hydrogen) atoms. The van der Waals surface area contributed by atoms with Crippen LogP contribution in [0.1, 0.15) is 19.4 Å². The summed E-state index contributed by atoms with van der Waals surface area (Å²) in [5.74, 6) is 0.114. The Morgan fingerprint density at radius 2 is 1.97 bits per heavy atom. The van der Waals surface area contributed by atoms with Crippen LogP contribution >= 0.6 is 11.6 Å². The summed E-state index contributed by atoms with van der Waals surface area (Å²) in [7, 11) is 0. The average Bonchev–Trinajstić information content (AvgIpc) is 3.05. The molecule has 1 amide bonds. The molecule has 1 N–H and O–H groups in total. The normalized spacial score (nSPS) is 11.4. The topological polar surface area (TPSA) is 69.0 Å². The van der Waals surface area contributed by atoms with Crippen LogP contribution in [0, 0.1) is 0 Å². The standard InChI is InChI=1S/C23H21ClN4O2/c1-23(2,22(29)26-18-9-6-12-25-14-18)30-21-19-10-3-4-11-20(19)28(27-21)15-16-7-5-8-17(24)13-16/h3-14H,15H2,1-2H3,(H,26,29). The highest BCUT2D eigenvalue weighted by Crippen LogP contribution is 2.29. The van der Waals surface area contributed by atoms with Gasteiger partial charge in [-0.1, -0.05) is 35.9 Å². The number of nitrogens with one attached hydrogen (secondary N) is 1. The number of carbonyl (C=O) groups is 1. The van der Waals surface area contributed by atoms with Crippen molar-refractivity contribution < 1.29 is 9.53 Å². The smallest absolute Gasteiger partial charge is 0.268 e. The highest BCUT2D eigenvalue weighted by molar-refractivity contribution is 6.30. The number of ether oxygens (including phenoxy) is 1. The number of aromatic nitrogens is 3. The lowest BCUT2D eigenvalue weighted by Crippen LogP contribution is -2.42. The van der Waals surface area contributed by atoms with E-state index >= 15 is 0 Å². The Labute approximate surface area is 179 Å². The second kappa shape index (κ2) is 8.16. The molecule has 0 saturated carbocycles. The number of halogens is 1. The van der Waals surface area contributed by atoms with Crippen molar-refractivity contribution in [3.63, 3.8) is 0 Å². The molecular weight excluding hydrogens is 400 g/mol. The first-order chi connectivity index (χ1) is 14.4. The molecule has 0 radical (unpaired) electrons. The van der Waals surface area contributed by atoms with E-state index < -0.39 is 5.60 Å². The van der Waals surface area contributed by atoms with Gasteiger partial charge in [0, 0.05) is 11.2 Å². The lowest BCUT2D eigenvalue weighted by atomic mass is 10.1. The third-order valence-electron chi connectivity index (χ3n) is 4.66. The van der Waals surface area contributed by atoms with Gasteiger partial charge in [0.1, 0.15) is 0 Å². The highest BCUT2D eigenvalue weighted by atomic mass is 35.5. The van der Waals surface area contributed by atoms with E-state index in [-0.39, 0.29) is 5.91 Å². The number of rotatable bonds is 6. The maximum Gasteiger partial charge on any atom is 0.268 e. The van der Waals surface area contributed by atoms with Crippen molar-refractivity contribution >= 4 is 34.1 Å². The highest BCUT2D eigenvalue weighted by Gasteiger charge is 2.32. The van der Waals surface area contributed by atoms with Gasteiger partial charge < -0.3 is 10.1 Å². The summed E-state index contributed by atoms with van der Waals surface area (Å²) in [6.45, 7) is 3.96. The number of nitrogens with zero attached hydrogens (tertiary/aromatic N) is 3. The Hall–Kier alpha value is -3.38. The van der Waals surface area contributed by atoms with Crippen LogP contribution in [0.5, 0.6) is 5.88 Å². The van der Waals surface area contributed by atoms with Crippen molar-refractivity contribution in [1.29, 1.82) is 0 Å². The molecular formula is C23H21ClN4O2. The fourth-order valence-electron chi connectivity index (χ4n) is 3.11. The van der Waals surface area contributed by atoms with Gasteiger partial charge in [0.2, 0.25) is 5.88 Å². The summed E-state index contributed by atoms with van der Waals surface area (Å²) >= 11 is 6.12. The largest absolute Gasteiger partial charge is 0.460 e. The molecule has 2 aromatic carbocycles. The van der Waals surface area contributed by atoms with E-state index in [1.54, 1.807) is 38.4 Å². The zero-order valence-electron chi connectivity index (χ0n) is 16.7. The Bertz CT molecular complexity index is 1190. The van der Waals surface area contributed by atoms with Gasteiger partial charge in [-0.05, 0) is 55.8 Å². The number of fused-ring (bicyclic) bond motifs is 1. The molecule has 4 aromatic rings. The van der Waals surface area contributed by atoms with Gasteiger partial charge in [0.05, 0.1) is 29.3 Å². The Kier molecular flexibility index (Phi) is 5.42. The van der Waals surface area contributed by atoms with Gasteiger partial charge in [0.15, 0.2) is 5.60 Å². The zero-order chi connectivity index (χ0) is 21.1. The predicted octanol–water partition coefficient (Wildman–Crippen LogP) is 4.93. The van der Waals surface area contributed by atoms with Crippen LogP contribution < -0.4 is 10.1 Å². The first-order valence-electron chi connectivity index (χ1n) is 9.53. The molecule has 0 bridgehead atoms. The second-order valence-electron chi connectivity index (χ2n) is 7.42. The third-order valence-corrected chi connectivity index (χ3v) is 4.90. The van der Waals surface area contributed by atoms with Gasteiger partial charge in [0.25, 0.3) is 5.91 Å². The first-order valence-corrected chi connectivity index (χ1v) is 9.91. The fourth-order valence-corrected chi connectivity index (χ4v) is 3.32. The van der Waals surface area contributed by atoms with Gasteiger partial charge in [-0.3, -0.25) is 14.5 Å². The number of amides is 1. The molecule has 0 aliphatic rings. The summed E-state index contributed by atoms with van der Waals surface area (Å²) in [6, 6.07) is 19.0. The summed E-state index contributed by atoms with van der Waals surface area (Å²) in [6.07, 6.45) is 3.24. The van der Waals surface area contributed by atoms with Crippen molar-refractivity contribution in [3.05, 3.63) is 83.6 Å². The maximum atomic E-state index is 12.8. The lowest BCUT2D eigenvalue weighted by Gasteiger charge is -2.24. The molecule has 152 valence electrons. The second-order valence-corrected chi connectivity index (χ2v) is 7.85. The first kappa shape index (κ1) is 19.9.